The number of fused-ring (bicyclic) bond motifs is 6. The zero-order valence-corrected chi connectivity index (χ0v) is 23.2. The van der Waals surface area contributed by atoms with Crippen LogP contribution in [0, 0.1) is 17.1 Å². The molecule has 0 radical (unpaired) electrons. The summed E-state index contributed by atoms with van der Waals surface area (Å²) in [6, 6.07) is 11.3. The minimum atomic E-state index is -0.759. The number of pyridine rings is 2. The number of rotatable bonds is 5. The molecule has 0 spiro atoms. The fraction of sp³-hybridized carbons (Fsp3) is 0.188. The summed E-state index contributed by atoms with van der Waals surface area (Å²) in [6.45, 7) is 7.21. The molecule has 2 aromatic carbocycles. The van der Waals surface area contributed by atoms with E-state index in [0.717, 1.165) is 6.08 Å². The van der Waals surface area contributed by atoms with Crippen LogP contribution in [-0.4, -0.2) is 64.9 Å². The van der Waals surface area contributed by atoms with Gasteiger partial charge in [-0.3, -0.25) is 19.6 Å². The number of likely N-dealkylation sites (N-methyl/N-ethyl adjacent to an activating group) is 1. The maximum absolute atomic E-state index is 16.5. The average molecular weight is 577 g/mol. The van der Waals surface area contributed by atoms with E-state index in [4.69, 9.17) is 4.74 Å². The molecule has 1 saturated heterocycles. The number of nitrogens with zero attached hydrogens (tertiary/aromatic N) is 6. The van der Waals surface area contributed by atoms with Crippen LogP contribution < -0.4 is 14.5 Å². The number of amides is 2. The zero-order chi connectivity index (χ0) is 30.4. The van der Waals surface area contributed by atoms with Gasteiger partial charge in [-0.15, -0.1) is 0 Å². The Hall–Kier alpha value is -5.63. The number of hydrogen-bond acceptors (Lipinski definition) is 8. The molecule has 43 heavy (non-hydrogen) atoms. The third-order valence-corrected chi connectivity index (χ3v) is 7.93. The van der Waals surface area contributed by atoms with Crippen molar-refractivity contribution in [3.63, 3.8) is 0 Å². The Morgan fingerprint density at radius 3 is 2.67 bits per heavy atom. The molecule has 214 valence electrons. The number of esters is 1. The third kappa shape index (κ3) is 4.44. The van der Waals surface area contributed by atoms with Gasteiger partial charge in [-0.1, -0.05) is 37.4 Å². The van der Waals surface area contributed by atoms with Crippen molar-refractivity contribution < 1.29 is 23.5 Å². The summed E-state index contributed by atoms with van der Waals surface area (Å²) < 4.78 is 21.8. The second-order valence-corrected chi connectivity index (χ2v) is 10.3. The summed E-state index contributed by atoms with van der Waals surface area (Å²) in [5, 5.41) is 11.3. The monoisotopic (exact) mass is 576 g/mol. The van der Waals surface area contributed by atoms with Gasteiger partial charge in [0.15, 0.2) is 5.82 Å². The number of halogens is 1. The van der Waals surface area contributed by atoms with E-state index in [2.05, 4.69) is 29.2 Å². The summed E-state index contributed by atoms with van der Waals surface area (Å²) in [6.07, 6.45) is 5.21. The molecule has 4 aromatic rings. The Kier molecular flexibility index (Phi) is 6.82. The average Bonchev–Trinajstić information content (AvgIpc) is 3.02. The van der Waals surface area contributed by atoms with Gasteiger partial charge in [0.1, 0.15) is 23.0 Å². The summed E-state index contributed by atoms with van der Waals surface area (Å²) in [7, 11) is 1.60. The first-order valence-corrected chi connectivity index (χ1v) is 13.5. The molecule has 1 fully saturated rings. The lowest BCUT2D eigenvalue weighted by molar-refractivity contribution is -0.131. The molecule has 2 aliphatic heterocycles. The highest BCUT2D eigenvalue weighted by atomic mass is 19.1. The fourth-order valence-corrected chi connectivity index (χ4v) is 5.89. The van der Waals surface area contributed by atoms with Gasteiger partial charge in [-0.05, 0) is 29.0 Å². The lowest BCUT2D eigenvalue weighted by Gasteiger charge is -2.50. The molecule has 2 atom stereocenters. The van der Waals surface area contributed by atoms with Crippen LogP contribution in [0.3, 0.4) is 0 Å². The van der Waals surface area contributed by atoms with Gasteiger partial charge in [0.2, 0.25) is 5.91 Å². The molecular formula is C32H25FN6O4. The molecule has 6 rings (SSSR count). The predicted octanol–water partition coefficient (Wildman–Crippen LogP) is 4.14. The number of nitriles is 1. The van der Waals surface area contributed by atoms with Gasteiger partial charge < -0.3 is 19.4 Å². The molecule has 2 aliphatic rings. The van der Waals surface area contributed by atoms with Crippen LogP contribution in [0.2, 0.25) is 0 Å². The number of hydrogen-bond donors (Lipinski definition) is 0. The van der Waals surface area contributed by atoms with Gasteiger partial charge >= 0.3 is 5.97 Å². The van der Waals surface area contributed by atoms with Crippen molar-refractivity contribution in [2.75, 3.05) is 29.9 Å². The number of ether oxygens (including phenoxy) is 1. The number of piperazine rings is 1. The molecular weight excluding hydrogens is 551 g/mol. The van der Waals surface area contributed by atoms with Crippen molar-refractivity contribution in [2.24, 2.45) is 0 Å². The summed E-state index contributed by atoms with van der Waals surface area (Å²) >= 11 is 0. The fourth-order valence-electron chi connectivity index (χ4n) is 5.89. The first-order chi connectivity index (χ1) is 20.8. The molecule has 11 heteroatoms. The predicted molar refractivity (Wildman–Crippen MR) is 159 cm³/mol. The molecule has 4 heterocycles. The van der Waals surface area contributed by atoms with Crippen LogP contribution in [0.15, 0.2) is 74.1 Å². The quantitative estimate of drug-likeness (QED) is 0.198. The molecule has 2 aromatic heterocycles. The highest BCUT2D eigenvalue weighted by Gasteiger charge is 2.45. The van der Waals surface area contributed by atoms with Gasteiger partial charge in [0.25, 0.3) is 5.91 Å². The molecule has 0 bridgehead atoms. The Balaban J connectivity index is 1.52. The maximum atomic E-state index is 16.5. The Bertz CT molecular complexity index is 1920. The van der Waals surface area contributed by atoms with E-state index < -0.39 is 23.9 Å². The van der Waals surface area contributed by atoms with Crippen LogP contribution >= 0.6 is 0 Å². The Labute approximate surface area is 245 Å². The van der Waals surface area contributed by atoms with Gasteiger partial charge in [0.05, 0.1) is 42.6 Å². The lowest BCUT2D eigenvalue weighted by Crippen LogP contribution is -2.66. The number of anilines is 2. The highest BCUT2D eigenvalue weighted by molar-refractivity contribution is 6.12. The van der Waals surface area contributed by atoms with Crippen LogP contribution in [0.4, 0.5) is 15.8 Å². The number of aromatic nitrogens is 2. The molecule has 10 nitrogen and oxygen atoms in total. The van der Waals surface area contributed by atoms with E-state index in [9.17, 15) is 19.6 Å². The SMILES string of the molecule is C=CC(=O)Oc1cc(-c2ncc3c4c(cnc3c2F)N(C)C(=O)C2CN(C(=O)C=C)C(CC#N)CN42)c2ccccc2c1. The van der Waals surface area contributed by atoms with Gasteiger partial charge in [-0.25, -0.2) is 9.18 Å². The van der Waals surface area contributed by atoms with E-state index in [1.54, 1.807) is 19.2 Å². The Morgan fingerprint density at radius 1 is 1.14 bits per heavy atom. The van der Waals surface area contributed by atoms with Gasteiger partial charge in [0, 0.05) is 36.8 Å². The first-order valence-electron chi connectivity index (χ1n) is 13.5. The van der Waals surface area contributed by atoms with Crippen LogP contribution in [0.25, 0.3) is 32.9 Å². The van der Waals surface area contributed by atoms with Crippen molar-refractivity contribution in [3.8, 4) is 23.1 Å². The normalized spacial score (nSPS) is 17.7. The summed E-state index contributed by atoms with van der Waals surface area (Å²) in [5.41, 5.74) is 1.45. The zero-order valence-electron chi connectivity index (χ0n) is 23.2. The standard InChI is InChI=1S/C32H25FN6O4/c1-4-26(40)38-17-25-32(42)37(3)24-15-36-30-23(31(24)39(25)16-19(38)10-11-34)14-35-29(28(30)33)22-13-20(43-27(41)5-2)12-18-8-6-7-9-21(18)22/h4-9,12-15,19,25H,1-2,10,16-17H2,3H3. The molecule has 0 N–H and O–H groups in total. The first kappa shape index (κ1) is 27.5. The Morgan fingerprint density at radius 2 is 1.93 bits per heavy atom. The lowest BCUT2D eigenvalue weighted by atomic mass is 9.96. The van der Waals surface area contributed by atoms with Crippen molar-refractivity contribution >= 4 is 50.8 Å². The van der Waals surface area contributed by atoms with E-state index >= 15 is 4.39 Å². The minimum Gasteiger partial charge on any atom is -0.423 e. The van der Waals surface area contributed by atoms with Crippen molar-refractivity contribution in [1.82, 2.24) is 14.9 Å². The second kappa shape index (κ2) is 10.6. The number of benzene rings is 2. The molecule has 0 aliphatic carbocycles. The van der Waals surface area contributed by atoms with E-state index in [-0.39, 0.29) is 48.3 Å². The number of carbonyl (C=O) groups excluding carboxylic acids is 3. The van der Waals surface area contributed by atoms with Gasteiger partial charge in [-0.2, -0.15) is 5.26 Å². The van der Waals surface area contributed by atoms with Crippen LogP contribution in [-0.2, 0) is 14.4 Å². The topological polar surface area (TPSA) is 120 Å². The van der Waals surface area contributed by atoms with E-state index in [1.807, 2.05) is 29.2 Å². The van der Waals surface area contributed by atoms with E-state index in [1.165, 1.54) is 28.3 Å². The summed E-state index contributed by atoms with van der Waals surface area (Å²) in [4.78, 5) is 51.7. The van der Waals surface area contributed by atoms with Crippen LogP contribution in [0.1, 0.15) is 6.42 Å². The van der Waals surface area contributed by atoms with E-state index in [0.29, 0.717) is 33.1 Å². The third-order valence-electron chi connectivity index (χ3n) is 7.93. The summed E-state index contributed by atoms with van der Waals surface area (Å²) in [5.74, 6) is -1.77. The largest absolute Gasteiger partial charge is 0.423 e. The molecule has 0 saturated carbocycles. The highest BCUT2D eigenvalue weighted by Crippen LogP contribution is 2.44. The van der Waals surface area contributed by atoms with Crippen molar-refractivity contribution in [2.45, 2.75) is 18.5 Å². The smallest absolute Gasteiger partial charge is 0.335 e. The minimum absolute atomic E-state index is 0.00759. The molecule has 2 amide bonds. The maximum Gasteiger partial charge on any atom is 0.335 e. The van der Waals surface area contributed by atoms with Crippen molar-refractivity contribution in [1.29, 1.82) is 5.26 Å². The molecule has 2 unspecified atom stereocenters. The second-order valence-electron chi connectivity index (χ2n) is 10.3. The van der Waals surface area contributed by atoms with Crippen molar-refractivity contribution in [3.05, 3.63) is 79.9 Å². The number of carbonyl (C=O) groups is 3. The van der Waals surface area contributed by atoms with Crippen LogP contribution in [0.5, 0.6) is 5.75 Å².